The standard InChI is InChI=1S/C26H46O4/c1-4-16-22(30-26(29)24-20-15-14-19-23(24)25(27)28)18-13-11-9-7-5-6-8-10-12-17-21(2)3/h14-15,21-24H,4-13,16-20H2,1-3H3,(H,27,28). The van der Waals surface area contributed by atoms with Gasteiger partial charge >= 0.3 is 11.9 Å². The van der Waals surface area contributed by atoms with Crippen LogP contribution in [0.1, 0.15) is 117 Å². The highest BCUT2D eigenvalue weighted by atomic mass is 16.5. The highest BCUT2D eigenvalue weighted by Crippen LogP contribution is 2.28. The Balaban J connectivity index is 2.18. The Morgan fingerprint density at radius 3 is 1.83 bits per heavy atom. The third kappa shape index (κ3) is 11.8. The average molecular weight is 423 g/mol. The molecule has 0 heterocycles. The Morgan fingerprint density at radius 2 is 1.33 bits per heavy atom. The van der Waals surface area contributed by atoms with Crippen LogP contribution in [-0.2, 0) is 14.3 Å². The molecule has 4 heteroatoms. The first-order valence-electron chi connectivity index (χ1n) is 12.5. The summed E-state index contributed by atoms with van der Waals surface area (Å²) >= 11 is 0. The van der Waals surface area contributed by atoms with Gasteiger partial charge in [-0.2, -0.15) is 0 Å². The number of carboxylic acid groups (broad SMARTS) is 1. The SMILES string of the molecule is CCCC(CCCCCCCCCCCC(C)C)OC(=O)C1CC=CCC1C(=O)O. The number of rotatable bonds is 17. The first-order chi connectivity index (χ1) is 14.5. The van der Waals surface area contributed by atoms with Gasteiger partial charge in [-0.25, -0.2) is 0 Å². The summed E-state index contributed by atoms with van der Waals surface area (Å²) in [6.07, 6.45) is 20.3. The molecule has 0 amide bonds. The van der Waals surface area contributed by atoms with Crippen LogP contribution in [0.2, 0.25) is 0 Å². The molecule has 3 unspecified atom stereocenters. The van der Waals surface area contributed by atoms with Gasteiger partial charge in [0.1, 0.15) is 6.10 Å². The van der Waals surface area contributed by atoms with Gasteiger partial charge in [-0.05, 0) is 38.0 Å². The number of carbonyl (C=O) groups is 2. The lowest BCUT2D eigenvalue weighted by Gasteiger charge is -2.26. The van der Waals surface area contributed by atoms with Gasteiger partial charge in [-0.3, -0.25) is 9.59 Å². The molecule has 3 atom stereocenters. The molecule has 1 aliphatic rings. The highest BCUT2D eigenvalue weighted by molar-refractivity contribution is 5.81. The Morgan fingerprint density at radius 1 is 0.833 bits per heavy atom. The van der Waals surface area contributed by atoms with Crippen LogP contribution in [0.15, 0.2) is 12.2 Å². The minimum atomic E-state index is -0.895. The molecule has 0 radical (unpaired) electrons. The van der Waals surface area contributed by atoms with E-state index in [1.54, 1.807) is 0 Å². The van der Waals surface area contributed by atoms with E-state index in [-0.39, 0.29) is 12.1 Å². The van der Waals surface area contributed by atoms with Gasteiger partial charge in [0.15, 0.2) is 0 Å². The lowest BCUT2D eigenvalue weighted by molar-refractivity contribution is -0.162. The number of allylic oxidation sites excluding steroid dienone is 2. The van der Waals surface area contributed by atoms with E-state index in [4.69, 9.17) is 4.74 Å². The Labute approximate surface area is 184 Å². The molecule has 0 saturated heterocycles. The van der Waals surface area contributed by atoms with Crippen molar-refractivity contribution in [2.24, 2.45) is 17.8 Å². The van der Waals surface area contributed by atoms with E-state index in [1.807, 2.05) is 12.2 Å². The first kappa shape index (κ1) is 26.7. The van der Waals surface area contributed by atoms with Crippen molar-refractivity contribution in [1.82, 2.24) is 0 Å². The van der Waals surface area contributed by atoms with Crippen LogP contribution in [-0.4, -0.2) is 23.1 Å². The molecule has 0 bridgehead atoms. The van der Waals surface area contributed by atoms with E-state index in [0.717, 1.165) is 31.6 Å². The fraction of sp³-hybridized carbons (Fsp3) is 0.846. The van der Waals surface area contributed by atoms with Crippen molar-refractivity contribution >= 4 is 11.9 Å². The van der Waals surface area contributed by atoms with Crippen LogP contribution in [0.4, 0.5) is 0 Å². The van der Waals surface area contributed by atoms with Crippen LogP contribution < -0.4 is 0 Å². The summed E-state index contributed by atoms with van der Waals surface area (Å²) < 4.78 is 5.77. The van der Waals surface area contributed by atoms with Gasteiger partial charge in [0.2, 0.25) is 0 Å². The van der Waals surface area contributed by atoms with Gasteiger partial charge in [-0.1, -0.05) is 97.1 Å². The molecule has 174 valence electrons. The number of esters is 1. The van der Waals surface area contributed by atoms with Gasteiger partial charge in [0.25, 0.3) is 0 Å². The van der Waals surface area contributed by atoms with E-state index in [1.165, 1.54) is 57.8 Å². The lowest BCUT2D eigenvalue weighted by Crippen LogP contribution is -2.34. The van der Waals surface area contributed by atoms with E-state index in [9.17, 15) is 14.7 Å². The largest absolute Gasteiger partial charge is 0.481 e. The number of aliphatic carboxylic acids is 1. The van der Waals surface area contributed by atoms with Crippen molar-refractivity contribution in [1.29, 1.82) is 0 Å². The van der Waals surface area contributed by atoms with Crippen LogP contribution in [0.3, 0.4) is 0 Å². The second-order valence-corrected chi connectivity index (χ2v) is 9.49. The Kier molecular flexibility index (Phi) is 14.6. The van der Waals surface area contributed by atoms with Gasteiger partial charge in [0, 0.05) is 0 Å². The van der Waals surface area contributed by atoms with Crippen molar-refractivity contribution in [3.8, 4) is 0 Å². The van der Waals surface area contributed by atoms with E-state index < -0.39 is 17.8 Å². The van der Waals surface area contributed by atoms with E-state index >= 15 is 0 Å². The maximum absolute atomic E-state index is 12.6. The summed E-state index contributed by atoms with van der Waals surface area (Å²) in [5.74, 6) is -1.56. The Bertz CT molecular complexity index is 497. The second-order valence-electron chi connectivity index (χ2n) is 9.49. The van der Waals surface area contributed by atoms with E-state index in [0.29, 0.717) is 12.8 Å². The predicted molar refractivity (Wildman–Crippen MR) is 123 cm³/mol. The zero-order valence-electron chi connectivity index (χ0n) is 19.7. The van der Waals surface area contributed by atoms with Crippen molar-refractivity contribution in [3.05, 3.63) is 12.2 Å². The second kappa shape index (κ2) is 16.4. The fourth-order valence-electron chi connectivity index (χ4n) is 4.35. The molecule has 4 nitrogen and oxygen atoms in total. The lowest BCUT2D eigenvalue weighted by atomic mass is 9.83. The minimum absolute atomic E-state index is 0.0659. The maximum Gasteiger partial charge on any atom is 0.310 e. The molecule has 0 aromatic carbocycles. The third-order valence-electron chi connectivity index (χ3n) is 6.25. The summed E-state index contributed by atoms with van der Waals surface area (Å²) in [6.45, 7) is 6.70. The minimum Gasteiger partial charge on any atom is -0.481 e. The topological polar surface area (TPSA) is 63.6 Å². The zero-order chi connectivity index (χ0) is 22.2. The van der Waals surface area contributed by atoms with Crippen molar-refractivity contribution in [2.75, 3.05) is 0 Å². The monoisotopic (exact) mass is 422 g/mol. The number of hydrogen-bond acceptors (Lipinski definition) is 3. The number of ether oxygens (including phenoxy) is 1. The summed E-state index contributed by atoms with van der Waals surface area (Å²) in [5, 5.41) is 9.38. The molecule has 1 aliphatic carbocycles. The third-order valence-corrected chi connectivity index (χ3v) is 6.25. The maximum atomic E-state index is 12.6. The molecular weight excluding hydrogens is 376 g/mol. The van der Waals surface area contributed by atoms with Crippen LogP contribution in [0, 0.1) is 17.8 Å². The molecule has 0 aromatic heterocycles. The quantitative estimate of drug-likeness (QED) is 0.152. The van der Waals surface area contributed by atoms with Crippen LogP contribution in [0.5, 0.6) is 0 Å². The van der Waals surface area contributed by atoms with Gasteiger partial charge in [-0.15, -0.1) is 0 Å². The summed E-state index contributed by atoms with van der Waals surface area (Å²) in [7, 11) is 0. The van der Waals surface area contributed by atoms with Crippen molar-refractivity contribution in [3.63, 3.8) is 0 Å². The molecular formula is C26H46O4. The molecule has 0 saturated carbocycles. The van der Waals surface area contributed by atoms with Crippen molar-refractivity contribution in [2.45, 2.75) is 123 Å². The molecule has 1 rings (SSSR count). The predicted octanol–water partition coefficient (Wildman–Crippen LogP) is 7.31. The molecule has 0 spiro atoms. The van der Waals surface area contributed by atoms with Crippen molar-refractivity contribution < 1.29 is 19.4 Å². The molecule has 30 heavy (non-hydrogen) atoms. The molecule has 1 N–H and O–H groups in total. The van der Waals surface area contributed by atoms with Crippen LogP contribution >= 0.6 is 0 Å². The Hall–Kier alpha value is -1.32. The normalized spacial score (nSPS) is 19.7. The smallest absolute Gasteiger partial charge is 0.310 e. The highest BCUT2D eigenvalue weighted by Gasteiger charge is 2.35. The average Bonchev–Trinajstić information content (AvgIpc) is 2.71. The van der Waals surface area contributed by atoms with Crippen LogP contribution in [0.25, 0.3) is 0 Å². The first-order valence-corrected chi connectivity index (χ1v) is 12.5. The molecule has 0 fully saturated rings. The zero-order valence-corrected chi connectivity index (χ0v) is 19.7. The summed E-state index contributed by atoms with van der Waals surface area (Å²) in [4.78, 5) is 24.0. The number of carboxylic acids is 1. The summed E-state index contributed by atoms with van der Waals surface area (Å²) in [5.41, 5.74) is 0. The van der Waals surface area contributed by atoms with Gasteiger partial charge < -0.3 is 9.84 Å². The summed E-state index contributed by atoms with van der Waals surface area (Å²) in [6, 6.07) is 0. The number of carbonyl (C=O) groups excluding carboxylic acids is 1. The van der Waals surface area contributed by atoms with Gasteiger partial charge in [0.05, 0.1) is 11.8 Å². The number of unbranched alkanes of at least 4 members (excludes halogenated alkanes) is 8. The van der Waals surface area contributed by atoms with E-state index in [2.05, 4.69) is 20.8 Å². The molecule has 0 aromatic rings. The number of hydrogen-bond donors (Lipinski definition) is 1. The fourth-order valence-corrected chi connectivity index (χ4v) is 4.35. The molecule has 0 aliphatic heterocycles.